The molecule has 90 valence electrons. The maximum atomic E-state index is 11.5. The summed E-state index contributed by atoms with van der Waals surface area (Å²) in [6.07, 6.45) is 1.19. The summed E-state index contributed by atoms with van der Waals surface area (Å²) in [6.45, 7) is 2.56. The molecule has 1 aromatic heterocycles. The molecular weight excluding hydrogens is 214 g/mol. The van der Waals surface area contributed by atoms with Crippen LogP contribution in [0.15, 0.2) is 24.3 Å². The van der Waals surface area contributed by atoms with Gasteiger partial charge in [-0.25, -0.2) is 0 Å². The van der Waals surface area contributed by atoms with Crippen molar-refractivity contribution >= 4 is 22.5 Å². The average Bonchev–Trinajstić information content (AvgIpc) is 2.65. The third-order valence-corrected chi connectivity index (χ3v) is 2.65. The molecule has 2 aromatic rings. The molecule has 0 aliphatic rings. The van der Waals surface area contributed by atoms with E-state index in [1.165, 1.54) is 0 Å². The van der Waals surface area contributed by atoms with Crippen LogP contribution in [0.4, 0.5) is 5.69 Å². The molecule has 0 saturated heterocycles. The highest BCUT2D eigenvalue weighted by molar-refractivity contribution is 5.93. The zero-order valence-corrected chi connectivity index (χ0v) is 9.92. The number of nitrogens with two attached hydrogens (primary N) is 1. The fourth-order valence-corrected chi connectivity index (χ4v) is 1.84. The highest BCUT2D eigenvalue weighted by atomic mass is 16.1. The molecule has 0 aliphatic carbocycles. The van der Waals surface area contributed by atoms with E-state index in [0.29, 0.717) is 13.0 Å². The summed E-state index contributed by atoms with van der Waals surface area (Å²) in [4.78, 5) is 14.8. The van der Waals surface area contributed by atoms with Gasteiger partial charge in [0.2, 0.25) is 5.91 Å². The van der Waals surface area contributed by atoms with E-state index in [2.05, 4.69) is 16.4 Å². The van der Waals surface area contributed by atoms with Crippen LogP contribution in [-0.2, 0) is 4.79 Å². The van der Waals surface area contributed by atoms with Gasteiger partial charge >= 0.3 is 0 Å². The smallest absolute Gasteiger partial charge is 0.224 e. The molecule has 4 N–H and O–H groups in total. The van der Waals surface area contributed by atoms with Crippen LogP contribution in [0, 0.1) is 6.92 Å². The Balaban J connectivity index is 2.10. The Morgan fingerprint density at radius 1 is 1.41 bits per heavy atom. The molecule has 0 spiro atoms. The zero-order chi connectivity index (χ0) is 12.3. The molecule has 1 heterocycles. The van der Waals surface area contributed by atoms with Crippen molar-refractivity contribution in [1.82, 2.24) is 4.98 Å². The van der Waals surface area contributed by atoms with E-state index in [9.17, 15) is 4.79 Å². The Morgan fingerprint density at radius 2 is 2.24 bits per heavy atom. The summed E-state index contributed by atoms with van der Waals surface area (Å²) < 4.78 is 0. The van der Waals surface area contributed by atoms with E-state index in [0.717, 1.165) is 28.7 Å². The first-order valence-corrected chi connectivity index (χ1v) is 5.78. The van der Waals surface area contributed by atoms with E-state index >= 15 is 0 Å². The number of carbonyl (C=O) groups is 1. The largest absolute Gasteiger partial charge is 0.359 e. The topological polar surface area (TPSA) is 70.9 Å². The second-order valence-electron chi connectivity index (χ2n) is 4.19. The molecule has 0 radical (unpaired) electrons. The SMILES string of the molecule is Cc1cc2cc(NC(=O)CCCN)ccc2[nH]1. The van der Waals surface area contributed by atoms with Crippen molar-refractivity contribution in [2.24, 2.45) is 5.73 Å². The van der Waals surface area contributed by atoms with Gasteiger partial charge in [-0.2, -0.15) is 0 Å². The molecule has 17 heavy (non-hydrogen) atoms. The predicted molar refractivity (Wildman–Crippen MR) is 70.0 cm³/mol. The number of H-pyrrole nitrogens is 1. The summed E-state index contributed by atoms with van der Waals surface area (Å²) in [5.41, 5.74) is 8.40. The number of fused-ring (bicyclic) bond motifs is 1. The minimum Gasteiger partial charge on any atom is -0.359 e. The van der Waals surface area contributed by atoms with Crippen molar-refractivity contribution in [2.45, 2.75) is 19.8 Å². The van der Waals surface area contributed by atoms with Crippen LogP contribution < -0.4 is 11.1 Å². The van der Waals surface area contributed by atoms with E-state index in [4.69, 9.17) is 5.73 Å². The number of carbonyl (C=O) groups excluding carboxylic acids is 1. The zero-order valence-electron chi connectivity index (χ0n) is 9.92. The third kappa shape index (κ3) is 2.85. The van der Waals surface area contributed by atoms with Gasteiger partial charge in [-0.3, -0.25) is 4.79 Å². The summed E-state index contributed by atoms with van der Waals surface area (Å²) in [5, 5.41) is 3.98. The van der Waals surface area contributed by atoms with Crippen molar-refractivity contribution in [1.29, 1.82) is 0 Å². The van der Waals surface area contributed by atoms with Crippen molar-refractivity contribution < 1.29 is 4.79 Å². The maximum absolute atomic E-state index is 11.5. The minimum atomic E-state index is 0.0158. The van der Waals surface area contributed by atoms with E-state index < -0.39 is 0 Å². The predicted octanol–water partition coefficient (Wildman–Crippen LogP) is 2.15. The Bertz CT molecular complexity index is 530. The van der Waals surface area contributed by atoms with E-state index in [-0.39, 0.29) is 5.91 Å². The Hall–Kier alpha value is -1.81. The first-order chi connectivity index (χ1) is 8.19. The van der Waals surface area contributed by atoms with E-state index in [1.807, 2.05) is 25.1 Å². The molecular formula is C13H17N3O. The first-order valence-electron chi connectivity index (χ1n) is 5.78. The van der Waals surface area contributed by atoms with Crippen molar-refractivity contribution in [3.05, 3.63) is 30.0 Å². The van der Waals surface area contributed by atoms with Crippen LogP contribution in [0.2, 0.25) is 0 Å². The molecule has 0 unspecified atom stereocenters. The number of rotatable bonds is 4. The first kappa shape index (κ1) is 11.7. The van der Waals surface area contributed by atoms with Gasteiger partial charge in [0.25, 0.3) is 0 Å². The third-order valence-electron chi connectivity index (χ3n) is 2.65. The molecule has 1 amide bonds. The Morgan fingerprint density at radius 3 is 3.00 bits per heavy atom. The van der Waals surface area contributed by atoms with Gasteiger partial charge in [-0.15, -0.1) is 0 Å². The Kier molecular flexibility index (Phi) is 3.44. The summed E-state index contributed by atoms with van der Waals surface area (Å²) >= 11 is 0. The highest BCUT2D eigenvalue weighted by Crippen LogP contribution is 2.19. The van der Waals surface area contributed by atoms with Gasteiger partial charge in [0.1, 0.15) is 0 Å². The quantitative estimate of drug-likeness (QED) is 0.754. The second kappa shape index (κ2) is 5.01. The number of hydrogen-bond donors (Lipinski definition) is 3. The molecule has 0 bridgehead atoms. The average molecular weight is 231 g/mol. The molecule has 1 aromatic carbocycles. The van der Waals surface area contributed by atoms with Gasteiger partial charge < -0.3 is 16.0 Å². The number of aryl methyl sites for hydroxylation is 1. The summed E-state index contributed by atoms with van der Waals surface area (Å²) in [5.74, 6) is 0.0158. The number of amides is 1. The van der Waals surface area contributed by atoms with Gasteiger partial charge in [0, 0.05) is 28.7 Å². The van der Waals surface area contributed by atoms with Gasteiger partial charge in [-0.1, -0.05) is 0 Å². The molecule has 4 nitrogen and oxygen atoms in total. The lowest BCUT2D eigenvalue weighted by Gasteiger charge is -2.04. The van der Waals surface area contributed by atoms with Crippen molar-refractivity contribution in [3.63, 3.8) is 0 Å². The van der Waals surface area contributed by atoms with Crippen LogP contribution >= 0.6 is 0 Å². The number of nitrogens with one attached hydrogen (secondary N) is 2. The number of aromatic amines is 1. The lowest BCUT2D eigenvalue weighted by Crippen LogP contribution is -2.13. The molecule has 4 heteroatoms. The van der Waals surface area contributed by atoms with Crippen LogP contribution in [0.3, 0.4) is 0 Å². The number of aromatic nitrogens is 1. The van der Waals surface area contributed by atoms with Crippen molar-refractivity contribution in [2.75, 3.05) is 11.9 Å². The van der Waals surface area contributed by atoms with Crippen LogP contribution in [0.25, 0.3) is 10.9 Å². The van der Waals surface area contributed by atoms with Gasteiger partial charge in [0.15, 0.2) is 0 Å². The fourth-order valence-electron chi connectivity index (χ4n) is 1.84. The van der Waals surface area contributed by atoms with Crippen LogP contribution in [0.1, 0.15) is 18.5 Å². The molecule has 0 fully saturated rings. The summed E-state index contributed by atoms with van der Waals surface area (Å²) in [7, 11) is 0. The van der Waals surface area contributed by atoms with E-state index in [1.54, 1.807) is 0 Å². The van der Waals surface area contributed by atoms with Crippen LogP contribution in [-0.4, -0.2) is 17.4 Å². The lowest BCUT2D eigenvalue weighted by atomic mass is 10.2. The molecule has 0 saturated carbocycles. The fraction of sp³-hybridized carbons (Fsp3) is 0.308. The highest BCUT2D eigenvalue weighted by Gasteiger charge is 2.03. The molecule has 0 aliphatic heterocycles. The second-order valence-corrected chi connectivity index (χ2v) is 4.19. The van der Waals surface area contributed by atoms with Gasteiger partial charge in [-0.05, 0) is 44.2 Å². The van der Waals surface area contributed by atoms with Crippen molar-refractivity contribution in [3.8, 4) is 0 Å². The maximum Gasteiger partial charge on any atom is 0.224 e. The number of hydrogen-bond acceptors (Lipinski definition) is 2. The summed E-state index contributed by atoms with van der Waals surface area (Å²) in [6, 6.07) is 7.91. The standard InChI is InChI=1S/C13H17N3O/c1-9-7-10-8-11(4-5-12(10)15-9)16-13(17)3-2-6-14/h4-5,7-8,15H,2-3,6,14H2,1H3,(H,16,17). The lowest BCUT2D eigenvalue weighted by molar-refractivity contribution is -0.116. The number of benzene rings is 1. The molecule has 0 atom stereocenters. The minimum absolute atomic E-state index is 0.0158. The Labute approximate surface area is 100 Å². The number of anilines is 1. The normalized spacial score (nSPS) is 10.7. The van der Waals surface area contributed by atoms with Crippen LogP contribution in [0.5, 0.6) is 0 Å². The van der Waals surface area contributed by atoms with Gasteiger partial charge in [0.05, 0.1) is 0 Å². The monoisotopic (exact) mass is 231 g/mol. The molecule has 2 rings (SSSR count).